The highest BCUT2D eigenvalue weighted by molar-refractivity contribution is 5.45. The van der Waals surface area contributed by atoms with E-state index in [2.05, 4.69) is 19.2 Å². The van der Waals surface area contributed by atoms with Crippen molar-refractivity contribution in [2.75, 3.05) is 5.32 Å². The van der Waals surface area contributed by atoms with Crippen LogP contribution in [0.25, 0.3) is 0 Å². The first-order valence-corrected chi connectivity index (χ1v) is 6.29. The van der Waals surface area contributed by atoms with Gasteiger partial charge in [0.05, 0.1) is 5.69 Å². The number of benzene rings is 1. The van der Waals surface area contributed by atoms with E-state index in [4.69, 9.17) is 0 Å². The standard InChI is InChI=1S/C14H19F2N/c1-9-4-3-5-13(10(9)2)17-14-7-6-11(15)8-12(14)16/h6-10,13,17H,3-5H2,1-2H3. The first-order valence-electron chi connectivity index (χ1n) is 6.29. The van der Waals surface area contributed by atoms with Crippen LogP contribution in [0.15, 0.2) is 18.2 Å². The Morgan fingerprint density at radius 3 is 2.65 bits per heavy atom. The molecule has 1 saturated carbocycles. The zero-order valence-electron chi connectivity index (χ0n) is 10.3. The molecule has 0 aliphatic heterocycles. The first kappa shape index (κ1) is 12.3. The predicted octanol–water partition coefficient (Wildman–Crippen LogP) is 4.20. The lowest BCUT2D eigenvalue weighted by Gasteiger charge is -2.35. The fourth-order valence-electron chi connectivity index (χ4n) is 2.59. The Labute approximate surface area is 101 Å². The van der Waals surface area contributed by atoms with Gasteiger partial charge in [-0.25, -0.2) is 8.78 Å². The number of halogens is 2. The maximum atomic E-state index is 13.5. The molecule has 2 rings (SSSR count). The summed E-state index contributed by atoms with van der Waals surface area (Å²) in [7, 11) is 0. The van der Waals surface area contributed by atoms with Gasteiger partial charge in [-0.1, -0.05) is 26.7 Å². The number of rotatable bonds is 2. The molecule has 0 saturated heterocycles. The summed E-state index contributed by atoms with van der Waals surface area (Å²) >= 11 is 0. The van der Waals surface area contributed by atoms with Crippen LogP contribution in [-0.4, -0.2) is 6.04 Å². The van der Waals surface area contributed by atoms with Crippen molar-refractivity contribution in [3.8, 4) is 0 Å². The lowest BCUT2D eigenvalue weighted by molar-refractivity contribution is 0.253. The Balaban J connectivity index is 2.09. The van der Waals surface area contributed by atoms with Crippen LogP contribution in [0, 0.1) is 23.5 Å². The quantitative estimate of drug-likeness (QED) is 0.815. The van der Waals surface area contributed by atoms with E-state index in [9.17, 15) is 8.78 Å². The lowest BCUT2D eigenvalue weighted by atomic mass is 9.78. The summed E-state index contributed by atoms with van der Waals surface area (Å²) in [4.78, 5) is 0. The second-order valence-corrected chi connectivity index (χ2v) is 5.14. The van der Waals surface area contributed by atoms with Crippen molar-refractivity contribution in [1.82, 2.24) is 0 Å². The van der Waals surface area contributed by atoms with Gasteiger partial charge in [-0.05, 0) is 30.4 Å². The van der Waals surface area contributed by atoms with E-state index in [1.807, 2.05) is 0 Å². The molecule has 0 bridgehead atoms. The molecule has 0 heterocycles. The summed E-state index contributed by atoms with van der Waals surface area (Å²) in [5, 5.41) is 3.21. The van der Waals surface area contributed by atoms with E-state index in [0.717, 1.165) is 12.5 Å². The first-order chi connectivity index (χ1) is 8.08. The van der Waals surface area contributed by atoms with E-state index >= 15 is 0 Å². The number of anilines is 1. The van der Waals surface area contributed by atoms with Crippen molar-refractivity contribution in [2.45, 2.75) is 39.2 Å². The average Bonchev–Trinajstić information content (AvgIpc) is 2.28. The highest BCUT2D eigenvalue weighted by Gasteiger charge is 2.27. The molecule has 3 unspecified atom stereocenters. The summed E-state index contributed by atoms with van der Waals surface area (Å²) in [5.74, 6) is 0.145. The highest BCUT2D eigenvalue weighted by Crippen LogP contribution is 2.32. The SMILES string of the molecule is CC1CCCC(Nc2ccc(F)cc2F)C1C. The topological polar surface area (TPSA) is 12.0 Å². The zero-order valence-corrected chi connectivity index (χ0v) is 10.3. The van der Waals surface area contributed by atoms with Gasteiger partial charge < -0.3 is 5.32 Å². The van der Waals surface area contributed by atoms with Gasteiger partial charge in [0, 0.05) is 12.1 Å². The van der Waals surface area contributed by atoms with Crippen LogP contribution < -0.4 is 5.32 Å². The van der Waals surface area contributed by atoms with Gasteiger partial charge in [-0.15, -0.1) is 0 Å². The molecule has 1 nitrogen and oxygen atoms in total. The number of hydrogen-bond donors (Lipinski definition) is 1. The summed E-state index contributed by atoms with van der Waals surface area (Å²) < 4.78 is 26.3. The Bertz CT molecular complexity index is 392. The van der Waals surface area contributed by atoms with Crippen LogP contribution in [0.3, 0.4) is 0 Å². The summed E-state index contributed by atoms with van der Waals surface area (Å²) in [6.45, 7) is 4.43. The molecule has 3 heteroatoms. The van der Waals surface area contributed by atoms with E-state index in [-0.39, 0.29) is 0 Å². The summed E-state index contributed by atoms with van der Waals surface area (Å²) in [6, 6.07) is 4.00. The largest absolute Gasteiger partial charge is 0.380 e. The molecule has 17 heavy (non-hydrogen) atoms. The second kappa shape index (κ2) is 5.03. The highest BCUT2D eigenvalue weighted by atomic mass is 19.1. The fraction of sp³-hybridized carbons (Fsp3) is 0.571. The van der Waals surface area contributed by atoms with Gasteiger partial charge in [0.2, 0.25) is 0 Å². The minimum atomic E-state index is -0.530. The van der Waals surface area contributed by atoms with Crippen molar-refractivity contribution < 1.29 is 8.78 Å². The molecule has 1 fully saturated rings. The van der Waals surface area contributed by atoms with E-state index in [1.165, 1.54) is 25.0 Å². The summed E-state index contributed by atoms with van der Waals surface area (Å²) in [5.41, 5.74) is 0.414. The van der Waals surface area contributed by atoms with Crippen molar-refractivity contribution in [1.29, 1.82) is 0 Å². The van der Waals surface area contributed by atoms with Gasteiger partial charge >= 0.3 is 0 Å². The average molecular weight is 239 g/mol. The van der Waals surface area contributed by atoms with Gasteiger partial charge in [0.1, 0.15) is 11.6 Å². The van der Waals surface area contributed by atoms with Crippen molar-refractivity contribution in [2.24, 2.45) is 11.8 Å². The molecular weight excluding hydrogens is 220 g/mol. The second-order valence-electron chi connectivity index (χ2n) is 5.14. The maximum absolute atomic E-state index is 13.5. The van der Waals surface area contributed by atoms with Crippen LogP contribution in [-0.2, 0) is 0 Å². The molecule has 0 amide bonds. The molecule has 0 aromatic heterocycles. The van der Waals surface area contributed by atoms with Gasteiger partial charge in [-0.3, -0.25) is 0 Å². The molecule has 0 radical (unpaired) electrons. The Morgan fingerprint density at radius 1 is 1.18 bits per heavy atom. The third kappa shape index (κ3) is 2.76. The zero-order chi connectivity index (χ0) is 12.4. The smallest absolute Gasteiger partial charge is 0.149 e. The fourth-order valence-corrected chi connectivity index (χ4v) is 2.59. The van der Waals surface area contributed by atoms with Crippen LogP contribution in [0.2, 0.25) is 0 Å². The molecule has 1 aromatic carbocycles. The third-order valence-electron chi connectivity index (χ3n) is 3.98. The Kier molecular flexibility index (Phi) is 3.65. The molecule has 94 valence electrons. The summed E-state index contributed by atoms with van der Waals surface area (Å²) in [6.07, 6.45) is 3.47. The number of hydrogen-bond acceptors (Lipinski definition) is 1. The molecule has 1 aliphatic carbocycles. The minimum Gasteiger partial charge on any atom is -0.380 e. The Hall–Kier alpha value is -1.12. The molecule has 0 spiro atoms. The predicted molar refractivity (Wildman–Crippen MR) is 65.9 cm³/mol. The van der Waals surface area contributed by atoms with Gasteiger partial charge in [-0.2, -0.15) is 0 Å². The molecular formula is C14H19F2N. The lowest BCUT2D eigenvalue weighted by Crippen LogP contribution is -2.35. The van der Waals surface area contributed by atoms with E-state index < -0.39 is 11.6 Å². The molecule has 1 aromatic rings. The number of nitrogens with one attached hydrogen (secondary N) is 1. The third-order valence-corrected chi connectivity index (χ3v) is 3.98. The Morgan fingerprint density at radius 2 is 1.94 bits per heavy atom. The molecule has 1 aliphatic rings. The maximum Gasteiger partial charge on any atom is 0.149 e. The van der Waals surface area contributed by atoms with Crippen molar-refractivity contribution in [3.63, 3.8) is 0 Å². The van der Waals surface area contributed by atoms with Crippen LogP contribution in [0.4, 0.5) is 14.5 Å². The monoisotopic (exact) mass is 239 g/mol. The van der Waals surface area contributed by atoms with Crippen molar-refractivity contribution in [3.05, 3.63) is 29.8 Å². The van der Waals surface area contributed by atoms with Crippen LogP contribution in [0.1, 0.15) is 33.1 Å². The molecule has 3 atom stereocenters. The van der Waals surface area contributed by atoms with Crippen molar-refractivity contribution >= 4 is 5.69 Å². The van der Waals surface area contributed by atoms with Gasteiger partial charge in [0.15, 0.2) is 0 Å². The van der Waals surface area contributed by atoms with Gasteiger partial charge in [0.25, 0.3) is 0 Å². The van der Waals surface area contributed by atoms with E-state index in [1.54, 1.807) is 0 Å². The van der Waals surface area contributed by atoms with Crippen LogP contribution >= 0.6 is 0 Å². The molecule has 1 N–H and O–H groups in total. The van der Waals surface area contributed by atoms with E-state index in [0.29, 0.717) is 23.6 Å². The normalized spacial score (nSPS) is 29.1. The van der Waals surface area contributed by atoms with Crippen LogP contribution in [0.5, 0.6) is 0 Å². The minimum absolute atomic E-state index is 0.290.